The van der Waals surface area contributed by atoms with Crippen LogP contribution in [0.25, 0.3) is 0 Å². The number of carbonyl (C=O) groups excluding carboxylic acids is 1. The molecule has 26 heavy (non-hydrogen) atoms. The lowest BCUT2D eigenvalue weighted by atomic mass is 10.2. The molecule has 1 amide bonds. The van der Waals surface area contributed by atoms with Crippen molar-refractivity contribution in [3.63, 3.8) is 0 Å². The van der Waals surface area contributed by atoms with E-state index in [0.29, 0.717) is 18.9 Å². The van der Waals surface area contributed by atoms with E-state index in [1.165, 1.54) is 22.5 Å². The lowest BCUT2D eigenvalue weighted by Gasteiger charge is -2.26. The summed E-state index contributed by atoms with van der Waals surface area (Å²) in [5, 5.41) is 2.88. The number of ether oxygens (including phenoxy) is 1. The Hall–Kier alpha value is -2.00. The van der Waals surface area contributed by atoms with Crippen molar-refractivity contribution in [1.82, 2.24) is 14.6 Å². The molecule has 0 radical (unpaired) electrons. The summed E-state index contributed by atoms with van der Waals surface area (Å²) in [5.74, 6) is -0.459. The van der Waals surface area contributed by atoms with Gasteiger partial charge in [0, 0.05) is 19.3 Å². The van der Waals surface area contributed by atoms with E-state index in [-0.39, 0.29) is 35.1 Å². The standard InChI is InChI=1S/C17H18ClN3O4S/c18-16-5-4-14(26(23,24)21-7-9-25-10-8-21)11-15(16)17(22)20-12-13-3-1-2-6-19-13/h1-6,11H,7-10,12H2,(H,20,22). The lowest BCUT2D eigenvalue weighted by Crippen LogP contribution is -2.40. The molecule has 2 heterocycles. The highest BCUT2D eigenvalue weighted by Crippen LogP contribution is 2.23. The minimum atomic E-state index is -3.70. The summed E-state index contributed by atoms with van der Waals surface area (Å²) < 4.78 is 32.0. The normalized spacial score (nSPS) is 15.6. The maximum Gasteiger partial charge on any atom is 0.253 e. The SMILES string of the molecule is O=C(NCc1ccccn1)c1cc(S(=O)(=O)N2CCOCC2)ccc1Cl. The summed E-state index contributed by atoms with van der Waals surface area (Å²) >= 11 is 6.10. The first-order valence-electron chi connectivity index (χ1n) is 8.04. The van der Waals surface area contributed by atoms with Crippen molar-refractivity contribution in [2.45, 2.75) is 11.4 Å². The van der Waals surface area contributed by atoms with Gasteiger partial charge in [0.2, 0.25) is 10.0 Å². The number of amides is 1. The van der Waals surface area contributed by atoms with Crippen LogP contribution in [0.4, 0.5) is 0 Å². The van der Waals surface area contributed by atoms with Gasteiger partial charge in [0.25, 0.3) is 5.91 Å². The van der Waals surface area contributed by atoms with Crippen molar-refractivity contribution in [2.24, 2.45) is 0 Å². The van der Waals surface area contributed by atoms with Crippen LogP contribution in [0.3, 0.4) is 0 Å². The Bertz CT molecular complexity index is 884. The van der Waals surface area contributed by atoms with E-state index in [0.717, 1.165) is 0 Å². The number of nitrogens with zero attached hydrogens (tertiary/aromatic N) is 2. The van der Waals surface area contributed by atoms with Crippen molar-refractivity contribution in [2.75, 3.05) is 26.3 Å². The fourth-order valence-electron chi connectivity index (χ4n) is 2.54. The third-order valence-electron chi connectivity index (χ3n) is 3.95. The summed E-state index contributed by atoms with van der Waals surface area (Å²) in [6.07, 6.45) is 1.63. The van der Waals surface area contributed by atoms with E-state index < -0.39 is 15.9 Å². The molecule has 1 aromatic heterocycles. The quantitative estimate of drug-likeness (QED) is 0.832. The van der Waals surface area contributed by atoms with Crippen LogP contribution in [0.5, 0.6) is 0 Å². The number of rotatable bonds is 5. The topological polar surface area (TPSA) is 88.6 Å². The zero-order valence-electron chi connectivity index (χ0n) is 13.9. The van der Waals surface area contributed by atoms with Gasteiger partial charge in [-0.2, -0.15) is 4.31 Å². The minimum Gasteiger partial charge on any atom is -0.379 e. The van der Waals surface area contributed by atoms with E-state index in [1.54, 1.807) is 18.3 Å². The van der Waals surface area contributed by atoms with Crippen molar-refractivity contribution in [3.05, 3.63) is 58.9 Å². The van der Waals surface area contributed by atoms with Crippen LogP contribution in [0.2, 0.25) is 5.02 Å². The monoisotopic (exact) mass is 395 g/mol. The van der Waals surface area contributed by atoms with Crippen molar-refractivity contribution < 1.29 is 17.9 Å². The second-order valence-electron chi connectivity index (χ2n) is 5.66. The molecule has 0 spiro atoms. The molecule has 1 aliphatic rings. The van der Waals surface area contributed by atoms with Crippen molar-refractivity contribution in [1.29, 1.82) is 0 Å². The number of aromatic nitrogens is 1. The van der Waals surface area contributed by atoms with E-state index in [9.17, 15) is 13.2 Å². The Labute approximate surface area is 157 Å². The number of nitrogens with one attached hydrogen (secondary N) is 1. The van der Waals surface area contributed by atoms with Crippen molar-refractivity contribution in [3.8, 4) is 0 Å². The minimum absolute atomic E-state index is 0.0341. The molecule has 1 fully saturated rings. The van der Waals surface area contributed by atoms with Crippen molar-refractivity contribution >= 4 is 27.5 Å². The molecular formula is C17H18ClN3O4S. The Kier molecular flexibility index (Phi) is 5.87. The average molecular weight is 396 g/mol. The van der Waals surface area contributed by atoms with Gasteiger partial charge in [-0.25, -0.2) is 8.42 Å². The number of pyridine rings is 1. The zero-order valence-corrected chi connectivity index (χ0v) is 15.5. The van der Waals surface area contributed by atoms with E-state index in [2.05, 4.69) is 10.3 Å². The van der Waals surface area contributed by atoms with Gasteiger partial charge in [-0.15, -0.1) is 0 Å². The van der Waals surface area contributed by atoms with Gasteiger partial charge in [-0.1, -0.05) is 17.7 Å². The maximum atomic E-state index is 12.7. The van der Waals surface area contributed by atoms with E-state index in [4.69, 9.17) is 16.3 Å². The fourth-order valence-corrected chi connectivity index (χ4v) is 4.18. The van der Waals surface area contributed by atoms with Gasteiger partial charge in [0.1, 0.15) is 0 Å². The molecule has 0 aliphatic carbocycles. The Morgan fingerprint density at radius 1 is 1.23 bits per heavy atom. The van der Waals surface area contributed by atoms with Crippen LogP contribution in [0.15, 0.2) is 47.5 Å². The average Bonchev–Trinajstić information content (AvgIpc) is 2.68. The third kappa shape index (κ3) is 4.21. The second kappa shape index (κ2) is 8.13. The molecule has 1 saturated heterocycles. The molecule has 0 atom stereocenters. The van der Waals surface area contributed by atoms with E-state index in [1.807, 2.05) is 6.07 Å². The van der Waals surface area contributed by atoms with Gasteiger partial charge < -0.3 is 10.1 Å². The Morgan fingerprint density at radius 2 is 2.00 bits per heavy atom. The first-order chi connectivity index (χ1) is 12.5. The second-order valence-corrected chi connectivity index (χ2v) is 8.01. The molecule has 2 aromatic rings. The summed E-state index contributed by atoms with van der Waals surface area (Å²) in [7, 11) is -3.70. The highest BCUT2D eigenvalue weighted by molar-refractivity contribution is 7.89. The van der Waals surface area contributed by atoms with Gasteiger partial charge in [0.15, 0.2) is 0 Å². The molecule has 0 bridgehead atoms. The molecule has 1 aromatic carbocycles. The summed E-state index contributed by atoms with van der Waals surface area (Å²) in [5.41, 5.74) is 0.797. The van der Waals surface area contributed by atoms with Crippen LogP contribution in [0, 0.1) is 0 Å². The molecule has 138 valence electrons. The van der Waals surface area contributed by atoms with Gasteiger partial charge in [-0.05, 0) is 30.3 Å². The highest BCUT2D eigenvalue weighted by atomic mass is 35.5. The molecule has 9 heteroatoms. The fraction of sp³-hybridized carbons (Fsp3) is 0.294. The molecular weight excluding hydrogens is 378 g/mol. The number of sulfonamides is 1. The highest BCUT2D eigenvalue weighted by Gasteiger charge is 2.27. The van der Waals surface area contributed by atoms with Crippen LogP contribution in [-0.2, 0) is 21.3 Å². The summed E-state index contributed by atoms with van der Waals surface area (Å²) in [4.78, 5) is 16.6. The predicted octanol–water partition coefficient (Wildman–Crippen LogP) is 1.69. The number of morpholine rings is 1. The number of hydrogen-bond donors (Lipinski definition) is 1. The summed E-state index contributed by atoms with van der Waals surface area (Å²) in [6, 6.07) is 9.51. The van der Waals surface area contributed by atoms with Crippen LogP contribution in [-0.4, -0.2) is 49.9 Å². The van der Waals surface area contributed by atoms with Crippen LogP contribution in [0.1, 0.15) is 16.1 Å². The Balaban J connectivity index is 1.79. The number of halogens is 1. The molecule has 0 unspecified atom stereocenters. The first kappa shape index (κ1) is 18.8. The van der Waals surface area contributed by atoms with Gasteiger partial charge in [0.05, 0.1) is 40.9 Å². The predicted molar refractivity (Wildman–Crippen MR) is 96.4 cm³/mol. The van der Waals surface area contributed by atoms with Crippen LogP contribution < -0.4 is 5.32 Å². The maximum absolute atomic E-state index is 12.7. The number of hydrogen-bond acceptors (Lipinski definition) is 5. The van der Waals surface area contributed by atoms with E-state index >= 15 is 0 Å². The summed E-state index contributed by atoms with van der Waals surface area (Å²) in [6.45, 7) is 1.49. The zero-order chi connectivity index (χ0) is 18.6. The van der Waals surface area contributed by atoms with Gasteiger partial charge in [-0.3, -0.25) is 9.78 Å². The molecule has 7 nitrogen and oxygen atoms in total. The number of benzene rings is 1. The Morgan fingerprint density at radius 3 is 2.69 bits per heavy atom. The smallest absolute Gasteiger partial charge is 0.253 e. The number of carbonyl (C=O) groups is 1. The molecule has 3 rings (SSSR count). The first-order valence-corrected chi connectivity index (χ1v) is 9.86. The largest absolute Gasteiger partial charge is 0.379 e. The molecule has 1 aliphatic heterocycles. The van der Waals surface area contributed by atoms with Crippen LogP contribution >= 0.6 is 11.6 Å². The van der Waals surface area contributed by atoms with Gasteiger partial charge >= 0.3 is 0 Å². The lowest BCUT2D eigenvalue weighted by molar-refractivity contribution is 0.0730. The third-order valence-corrected chi connectivity index (χ3v) is 6.17. The molecule has 1 N–H and O–H groups in total. The molecule has 0 saturated carbocycles.